The Kier molecular flexibility index (Phi) is 7.78. The van der Waals surface area contributed by atoms with E-state index in [1.165, 1.54) is 19.3 Å². The van der Waals surface area contributed by atoms with Crippen LogP contribution in [-0.4, -0.2) is 49.0 Å². The Hall–Kier alpha value is -2.24. The summed E-state index contributed by atoms with van der Waals surface area (Å²) in [4.78, 5) is 19.2. The number of amides is 1. The number of aliphatic imine (C=N–C) groups is 1. The minimum atomic E-state index is 0.161. The number of carbonyl (C=O) groups excluding carboxylic acids is 1. The Bertz CT molecular complexity index is 698. The molecule has 1 unspecified atom stereocenters. The second-order valence-corrected chi connectivity index (χ2v) is 8.49. The van der Waals surface area contributed by atoms with E-state index in [9.17, 15) is 4.79 Å². The molecule has 1 aliphatic carbocycles. The highest BCUT2D eigenvalue weighted by Crippen LogP contribution is 2.26. The molecule has 2 N–H and O–H groups in total. The van der Waals surface area contributed by atoms with Crippen LogP contribution in [0.4, 0.5) is 0 Å². The van der Waals surface area contributed by atoms with Crippen molar-refractivity contribution in [2.45, 2.75) is 71.1 Å². The molecule has 6 heteroatoms. The zero-order valence-electron chi connectivity index (χ0n) is 18.1. The first-order valence-corrected chi connectivity index (χ1v) is 11.1. The molecular weight excluding hydrogens is 364 g/mol. The molecule has 0 radical (unpaired) electrons. The topological polar surface area (TPSA) is 66.0 Å². The summed E-state index contributed by atoms with van der Waals surface area (Å²) in [5, 5.41) is 6.86. The van der Waals surface area contributed by atoms with Gasteiger partial charge in [-0.1, -0.05) is 31.4 Å². The van der Waals surface area contributed by atoms with Crippen molar-refractivity contribution in [2.24, 2.45) is 10.9 Å². The molecule has 1 saturated heterocycles. The van der Waals surface area contributed by atoms with Gasteiger partial charge in [0.25, 0.3) is 0 Å². The van der Waals surface area contributed by atoms with Crippen molar-refractivity contribution in [3.63, 3.8) is 0 Å². The standard InChI is InChI=1S/C23H36N4O2/c1-17(2)29-21-11-7-8-18(14-21)15-25-23(24-3)26-20-12-13-27(16-20)22(28)19-9-5-4-6-10-19/h7-8,11,14,17,19-20H,4-6,9-10,12-13,15-16H2,1-3H3,(H2,24,25,26). The summed E-state index contributed by atoms with van der Waals surface area (Å²) in [7, 11) is 1.79. The normalized spacial score (nSPS) is 20.8. The molecule has 2 aliphatic rings. The first-order chi connectivity index (χ1) is 14.0. The molecule has 2 fully saturated rings. The number of nitrogens with one attached hydrogen (secondary N) is 2. The summed E-state index contributed by atoms with van der Waals surface area (Å²) in [6.07, 6.45) is 6.94. The van der Waals surface area contributed by atoms with Gasteiger partial charge < -0.3 is 20.3 Å². The Morgan fingerprint density at radius 3 is 2.76 bits per heavy atom. The molecule has 1 amide bonds. The highest BCUT2D eigenvalue weighted by molar-refractivity contribution is 5.81. The molecular formula is C23H36N4O2. The van der Waals surface area contributed by atoms with Crippen molar-refractivity contribution in [3.8, 4) is 5.75 Å². The number of hydrogen-bond donors (Lipinski definition) is 2. The van der Waals surface area contributed by atoms with Crippen LogP contribution in [-0.2, 0) is 11.3 Å². The largest absolute Gasteiger partial charge is 0.491 e. The summed E-state index contributed by atoms with van der Waals surface area (Å²) >= 11 is 0. The van der Waals surface area contributed by atoms with Gasteiger partial charge in [0.15, 0.2) is 5.96 Å². The SMILES string of the molecule is CN=C(NCc1cccc(OC(C)C)c1)NC1CCN(C(=O)C2CCCCC2)C1. The van der Waals surface area contributed by atoms with Crippen molar-refractivity contribution < 1.29 is 9.53 Å². The second-order valence-electron chi connectivity index (χ2n) is 8.49. The fourth-order valence-electron chi connectivity index (χ4n) is 4.26. The van der Waals surface area contributed by atoms with Crippen LogP contribution < -0.4 is 15.4 Å². The van der Waals surface area contributed by atoms with Crippen molar-refractivity contribution in [2.75, 3.05) is 20.1 Å². The average Bonchev–Trinajstić information content (AvgIpc) is 3.19. The van der Waals surface area contributed by atoms with E-state index in [4.69, 9.17) is 4.74 Å². The molecule has 1 aliphatic heterocycles. The minimum absolute atomic E-state index is 0.161. The third-order valence-corrected chi connectivity index (χ3v) is 5.75. The predicted molar refractivity (Wildman–Crippen MR) is 117 cm³/mol. The molecule has 160 valence electrons. The molecule has 0 aromatic heterocycles. The molecule has 1 heterocycles. The first kappa shape index (κ1) is 21.5. The summed E-state index contributed by atoms with van der Waals surface area (Å²) in [5.74, 6) is 2.27. The highest BCUT2D eigenvalue weighted by atomic mass is 16.5. The Morgan fingerprint density at radius 1 is 1.24 bits per heavy atom. The molecule has 1 atom stereocenters. The van der Waals surface area contributed by atoms with Crippen molar-refractivity contribution in [3.05, 3.63) is 29.8 Å². The van der Waals surface area contributed by atoms with Gasteiger partial charge in [0.2, 0.25) is 5.91 Å². The zero-order valence-corrected chi connectivity index (χ0v) is 18.1. The lowest BCUT2D eigenvalue weighted by molar-refractivity contribution is -0.135. The number of benzene rings is 1. The molecule has 1 aromatic rings. The third-order valence-electron chi connectivity index (χ3n) is 5.75. The highest BCUT2D eigenvalue weighted by Gasteiger charge is 2.31. The third kappa shape index (κ3) is 6.38. The number of guanidine groups is 1. The van der Waals surface area contributed by atoms with Crippen molar-refractivity contribution >= 4 is 11.9 Å². The van der Waals surface area contributed by atoms with Crippen LogP contribution in [0, 0.1) is 5.92 Å². The smallest absolute Gasteiger partial charge is 0.225 e. The van der Waals surface area contributed by atoms with E-state index < -0.39 is 0 Å². The predicted octanol–water partition coefficient (Wildman–Crippen LogP) is 3.32. The fourth-order valence-corrected chi connectivity index (χ4v) is 4.26. The monoisotopic (exact) mass is 400 g/mol. The van der Waals surface area contributed by atoms with Gasteiger partial charge in [-0.25, -0.2) is 0 Å². The van der Waals surface area contributed by atoms with E-state index >= 15 is 0 Å². The fraction of sp³-hybridized carbons (Fsp3) is 0.652. The van der Waals surface area contributed by atoms with Gasteiger partial charge in [-0.15, -0.1) is 0 Å². The van der Waals surface area contributed by atoms with Gasteiger partial charge in [0, 0.05) is 38.6 Å². The molecule has 3 rings (SSSR count). The lowest BCUT2D eigenvalue weighted by Crippen LogP contribution is -2.45. The van der Waals surface area contributed by atoms with Crippen LogP contribution in [0.2, 0.25) is 0 Å². The van der Waals surface area contributed by atoms with Gasteiger partial charge in [0.05, 0.1) is 6.10 Å². The van der Waals surface area contributed by atoms with Gasteiger partial charge in [-0.3, -0.25) is 9.79 Å². The van der Waals surface area contributed by atoms with E-state index in [2.05, 4.69) is 27.8 Å². The van der Waals surface area contributed by atoms with E-state index in [-0.39, 0.29) is 18.1 Å². The molecule has 1 aromatic carbocycles. The lowest BCUT2D eigenvalue weighted by atomic mass is 9.88. The molecule has 29 heavy (non-hydrogen) atoms. The molecule has 0 spiro atoms. The zero-order chi connectivity index (χ0) is 20.6. The van der Waals surface area contributed by atoms with Crippen LogP contribution in [0.25, 0.3) is 0 Å². The van der Waals surface area contributed by atoms with E-state index in [1.54, 1.807) is 7.05 Å². The molecule has 0 bridgehead atoms. The van der Waals surface area contributed by atoms with E-state index in [1.807, 2.05) is 30.9 Å². The Morgan fingerprint density at radius 2 is 2.03 bits per heavy atom. The van der Waals surface area contributed by atoms with Gasteiger partial charge in [0.1, 0.15) is 5.75 Å². The first-order valence-electron chi connectivity index (χ1n) is 11.1. The van der Waals surface area contributed by atoms with E-state index in [0.717, 1.165) is 49.6 Å². The average molecular weight is 401 g/mol. The van der Waals surface area contributed by atoms with Gasteiger partial charge in [-0.2, -0.15) is 0 Å². The maximum atomic E-state index is 12.8. The van der Waals surface area contributed by atoms with Crippen LogP contribution in [0.15, 0.2) is 29.3 Å². The van der Waals surface area contributed by atoms with Gasteiger partial charge >= 0.3 is 0 Å². The number of likely N-dealkylation sites (tertiary alicyclic amines) is 1. The van der Waals surface area contributed by atoms with Crippen LogP contribution >= 0.6 is 0 Å². The molecule has 1 saturated carbocycles. The minimum Gasteiger partial charge on any atom is -0.491 e. The lowest BCUT2D eigenvalue weighted by Gasteiger charge is -2.26. The Balaban J connectivity index is 1.46. The van der Waals surface area contributed by atoms with Crippen LogP contribution in [0.5, 0.6) is 5.75 Å². The maximum absolute atomic E-state index is 12.8. The van der Waals surface area contributed by atoms with Crippen LogP contribution in [0.1, 0.15) is 57.9 Å². The molecule has 6 nitrogen and oxygen atoms in total. The number of hydrogen-bond acceptors (Lipinski definition) is 3. The summed E-state index contributed by atoms with van der Waals surface area (Å²) in [6, 6.07) is 8.38. The van der Waals surface area contributed by atoms with Crippen molar-refractivity contribution in [1.29, 1.82) is 0 Å². The summed E-state index contributed by atoms with van der Waals surface area (Å²) in [6.45, 7) is 6.35. The summed E-state index contributed by atoms with van der Waals surface area (Å²) < 4.78 is 5.77. The second kappa shape index (κ2) is 10.5. The number of carbonyl (C=O) groups is 1. The maximum Gasteiger partial charge on any atom is 0.225 e. The number of nitrogens with zero attached hydrogens (tertiary/aromatic N) is 2. The summed E-state index contributed by atoms with van der Waals surface area (Å²) in [5.41, 5.74) is 1.15. The number of ether oxygens (including phenoxy) is 1. The van der Waals surface area contributed by atoms with E-state index in [0.29, 0.717) is 12.5 Å². The van der Waals surface area contributed by atoms with Crippen LogP contribution in [0.3, 0.4) is 0 Å². The number of rotatable bonds is 6. The van der Waals surface area contributed by atoms with Gasteiger partial charge in [-0.05, 0) is 50.8 Å². The Labute approximate surface area is 175 Å². The van der Waals surface area contributed by atoms with Crippen molar-refractivity contribution in [1.82, 2.24) is 15.5 Å². The quantitative estimate of drug-likeness (QED) is 0.568.